The van der Waals surface area contributed by atoms with Gasteiger partial charge in [-0.15, -0.1) is 0 Å². The second kappa shape index (κ2) is 5.43. The Morgan fingerprint density at radius 1 is 1.18 bits per heavy atom. The van der Waals surface area contributed by atoms with Crippen molar-refractivity contribution in [1.29, 1.82) is 0 Å². The summed E-state index contributed by atoms with van der Waals surface area (Å²) in [5, 5.41) is 3.27. The minimum atomic E-state index is -0.162. The van der Waals surface area contributed by atoms with Crippen LogP contribution in [-0.4, -0.2) is 11.5 Å². The molecule has 2 rings (SSSR count). The zero-order valence-corrected chi connectivity index (χ0v) is 9.78. The van der Waals surface area contributed by atoms with E-state index in [9.17, 15) is 4.39 Å². The number of pyridine rings is 1. The monoisotopic (exact) mass is 230 g/mol. The molecule has 0 spiro atoms. The molecule has 2 aromatic rings. The molecule has 1 aromatic carbocycles. The maximum atomic E-state index is 13.1. The fourth-order valence-corrected chi connectivity index (χ4v) is 1.66. The predicted octanol–water partition coefficient (Wildman–Crippen LogP) is 3.18. The van der Waals surface area contributed by atoms with Gasteiger partial charge in [0.2, 0.25) is 0 Å². The molecule has 0 fully saturated rings. The lowest BCUT2D eigenvalue weighted by molar-refractivity contribution is 0.618. The van der Waals surface area contributed by atoms with Gasteiger partial charge >= 0.3 is 0 Å². The van der Waals surface area contributed by atoms with E-state index in [0.717, 1.165) is 18.7 Å². The topological polar surface area (TPSA) is 24.9 Å². The van der Waals surface area contributed by atoms with Crippen molar-refractivity contribution in [3.05, 3.63) is 59.7 Å². The molecule has 1 aromatic heterocycles. The summed E-state index contributed by atoms with van der Waals surface area (Å²) < 4.78 is 13.1. The number of hydrogen-bond donors (Lipinski definition) is 1. The Morgan fingerprint density at radius 2 is 1.94 bits per heavy atom. The van der Waals surface area contributed by atoms with Crippen LogP contribution in [0.2, 0.25) is 0 Å². The van der Waals surface area contributed by atoms with Gasteiger partial charge in [-0.3, -0.25) is 4.98 Å². The van der Waals surface area contributed by atoms with Crippen LogP contribution in [0, 0.1) is 12.7 Å². The summed E-state index contributed by atoms with van der Waals surface area (Å²) in [6.07, 6.45) is 4.51. The van der Waals surface area contributed by atoms with Gasteiger partial charge in [0, 0.05) is 24.6 Å². The molecule has 0 aliphatic heterocycles. The summed E-state index contributed by atoms with van der Waals surface area (Å²) in [5.74, 6) is -0.162. The Hall–Kier alpha value is -1.90. The van der Waals surface area contributed by atoms with Crippen LogP contribution in [0.5, 0.6) is 0 Å². The van der Waals surface area contributed by atoms with Crippen LogP contribution in [0.3, 0.4) is 0 Å². The minimum absolute atomic E-state index is 0.162. The smallest absolute Gasteiger partial charge is 0.126 e. The Morgan fingerprint density at radius 3 is 2.65 bits per heavy atom. The summed E-state index contributed by atoms with van der Waals surface area (Å²) >= 11 is 0. The van der Waals surface area contributed by atoms with Crippen molar-refractivity contribution in [2.45, 2.75) is 13.3 Å². The molecule has 0 aliphatic rings. The van der Waals surface area contributed by atoms with E-state index in [0.29, 0.717) is 5.56 Å². The first-order chi connectivity index (χ1) is 8.25. The van der Waals surface area contributed by atoms with Gasteiger partial charge < -0.3 is 5.32 Å². The first-order valence-corrected chi connectivity index (χ1v) is 5.64. The molecule has 0 unspecified atom stereocenters. The summed E-state index contributed by atoms with van der Waals surface area (Å²) in [6.45, 7) is 2.60. The quantitative estimate of drug-likeness (QED) is 0.872. The van der Waals surface area contributed by atoms with Crippen LogP contribution in [-0.2, 0) is 6.42 Å². The highest BCUT2D eigenvalue weighted by atomic mass is 19.1. The largest absolute Gasteiger partial charge is 0.385 e. The Kier molecular flexibility index (Phi) is 3.70. The first-order valence-electron chi connectivity index (χ1n) is 5.64. The predicted molar refractivity (Wildman–Crippen MR) is 67.6 cm³/mol. The van der Waals surface area contributed by atoms with Crippen molar-refractivity contribution >= 4 is 5.69 Å². The van der Waals surface area contributed by atoms with Crippen molar-refractivity contribution in [2.24, 2.45) is 0 Å². The Bertz CT molecular complexity index is 483. The van der Waals surface area contributed by atoms with Gasteiger partial charge in [-0.1, -0.05) is 0 Å². The number of nitrogens with one attached hydrogen (secondary N) is 1. The molecule has 0 saturated heterocycles. The van der Waals surface area contributed by atoms with Gasteiger partial charge in [-0.05, 0) is 54.8 Å². The zero-order chi connectivity index (χ0) is 12.1. The van der Waals surface area contributed by atoms with E-state index in [1.54, 1.807) is 25.4 Å². The number of nitrogens with zero attached hydrogens (tertiary/aromatic N) is 1. The molecule has 17 heavy (non-hydrogen) atoms. The molecule has 2 nitrogen and oxygen atoms in total. The van der Waals surface area contributed by atoms with E-state index in [1.165, 1.54) is 11.6 Å². The summed E-state index contributed by atoms with van der Waals surface area (Å²) in [7, 11) is 0. The molecule has 0 aliphatic carbocycles. The van der Waals surface area contributed by atoms with Gasteiger partial charge in [0.25, 0.3) is 0 Å². The molecule has 0 amide bonds. The highest BCUT2D eigenvalue weighted by Gasteiger charge is 1.98. The number of anilines is 1. The maximum Gasteiger partial charge on any atom is 0.126 e. The zero-order valence-electron chi connectivity index (χ0n) is 9.78. The Balaban J connectivity index is 1.88. The van der Waals surface area contributed by atoms with E-state index in [1.807, 2.05) is 18.2 Å². The van der Waals surface area contributed by atoms with Crippen LogP contribution in [0.4, 0.5) is 10.1 Å². The molecule has 0 saturated carbocycles. The second-order valence-corrected chi connectivity index (χ2v) is 4.00. The van der Waals surface area contributed by atoms with E-state index in [2.05, 4.69) is 10.3 Å². The average molecular weight is 230 g/mol. The van der Waals surface area contributed by atoms with Crippen LogP contribution in [0.15, 0.2) is 42.7 Å². The molecule has 0 radical (unpaired) electrons. The van der Waals surface area contributed by atoms with E-state index >= 15 is 0 Å². The molecule has 3 heteroatoms. The fraction of sp³-hybridized carbons (Fsp3) is 0.214. The standard InChI is InChI=1S/C14H15FN2/c1-11-10-13(2-3-14(11)15)17-9-6-12-4-7-16-8-5-12/h2-5,7-8,10,17H,6,9H2,1H3. The fourth-order valence-electron chi connectivity index (χ4n) is 1.66. The molecule has 88 valence electrons. The molecule has 1 heterocycles. The van der Waals surface area contributed by atoms with Gasteiger partial charge in [-0.2, -0.15) is 0 Å². The number of aryl methyl sites for hydroxylation is 1. The van der Waals surface area contributed by atoms with Gasteiger partial charge in [0.15, 0.2) is 0 Å². The third kappa shape index (κ3) is 3.28. The minimum Gasteiger partial charge on any atom is -0.385 e. The van der Waals surface area contributed by atoms with Gasteiger partial charge in [0.05, 0.1) is 0 Å². The van der Waals surface area contributed by atoms with E-state index in [4.69, 9.17) is 0 Å². The summed E-state index contributed by atoms with van der Waals surface area (Å²) in [6, 6.07) is 9.07. The first kappa shape index (κ1) is 11.6. The lowest BCUT2D eigenvalue weighted by Gasteiger charge is -2.07. The normalized spacial score (nSPS) is 10.2. The third-order valence-electron chi connectivity index (χ3n) is 2.65. The average Bonchev–Trinajstić information content (AvgIpc) is 2.35. The molecular formula is C14H15FN2. The summed E-state index contributed by atoms with van der Waals surface area (Å²) in [5.41, 5.74) is 2.86. The van der Waals surface area contributed by atoms with E-state index in [-0.39, 0.29) is 5.82 Å². The highest BCUT2D eigenvalue weighted by molar-refractivity contribution is 5.46. The number of halogens is 1. The van der Waals surface area contributed by atoms with Crippen LogP contribution in [0.1, 0.15) is 11.1 Å². The van der Waals surface area contributed by atoms with Crippen molar-refractivity contribution in [3.63, 3.8) is 0 Å². The molecule has 0 atom stereocenters. The third-order valence-corrected chi connectivity index (χ3v) is 2.65. The molecule has 0 bridgehead atoms. The van der Waals surface area contributed by atoms with Crippen molar-refractivity contribution in [2.75, 3.05) is 11.9 Å². The van der Waals surface area contributed by atoms with Gasteiger partial charge in [0.1, 0.15) is 5.82 Å². The lowest BCUT2D eigenvalue weighted by atomic mass is 10.2. The van der Waals surface area contributed by atoms with Crippen LogP contribution in [0.25, 0.3) is 0 Å². The van der Waals surface area contributed by atoms with E-state index < -0.39 is 0 Å². The van der Waals surface area contributed by atoms with Crippen molar-refractivity contribution in [1.82, 2.24) is 4.98 Å². The van der Waals surface area contributed by atoms with Crippen molar-refractivity contribution < 1.29 is 4.39 Å². The van der Waals surface area contributed by atoms with Crippen LogP contribution < -0.4 is 5.32 Å². The molecule has 1 N–H and O–H groups in total. The van der Waals surface area contributed by atoms with Gasteiger partial charge in [-0.25, -0.2) is 4.39 Å². The SMILES string of the molecule is Cc1cc(NCCc2ccncc2)ccc1F. The highest BCUT2D eigenvalue weighted by Crippen LogP contribution is 2.13. The maximum absolute atomic E-state index is 13.1. The number of aromatic nitrogens is 1. The summed E-state index contributed by atoms with van der Waals surface area (Å²) in [4.78, 5) is 3.97. The van der Waals surface area contributed by atoms with Crippen LogP contribution >= 0.6 is 0 Å². The number of benzene rings is 1. The molecular weight excluding hydrogens is 215 g/mol. The number of rotatable bonds is 4. The number of hydrogen-bond acceptors (Lipinski definition) is 2. The van der Waals surface area contributed by atoms with Crippen molar-refractivity contribution in [3.8, 4) is 0 Å². The second-order valence-electron chi connectivity index (χ2n) is 4.00. The lowest BCUT2D eigenvalue weighted by Crippen LogP contribution is -2.05. The Labute approximate surface area is 101 Å².